The highest BCUT2D eigenvalue weighted by Gasteiger charge is 2.38. The van der Waals surface area contributed by atoms with Gasteiger partial charge in [-0.3, -0.25) is 4.79 Å². The third kappa shape index (κ3) is 4.54. The first-order valence-electron chi connectivity index (χ1n) is 11.5. The zero-order valence-electron chi connectivity index (χ0n) is 19.0. The van der Waals surface area contributed by atoms with Crippen LogP contribution < -0.4 is 19.5 Å². The molecule has 2 heterocycles. The van der Waals surface area contributed by atoms with E-state index in [2.05, 4.69) is 20.8 Å². The Labute approximate surface area is 202 Å². The first kappa shape index (κ1) is 22.5. The van der Waals surface area contributed by atoms with E-state index in [1.54, 1.807) is 4.68 Å². The molecule has 178 valence electrons. The fourth-order valence-electron chi connectivity index (χ4n) is 4.57. The van der Waals surface area contributed by atoms with Gasteiger partial charge >= 0.3 is 0 Å². The molecular weight excluding hydrogens is 454 g/mol. The van der Waals surface area contributed by atoms with Crippen molar-refractivity contribution < 1.29 is 19.0 Å². The minimum absolute atomic E-state index is 0.0607. The van der Waals surface area contributed by atoms with Gasteiger partial charge in [-0.25, -0.2) is 0 Å². The highest BCUT2D eigenvalue weighted by Crippen LogP contribution is 2.42. The lowest BCUT2D eigenvalue weighted by atomic mass is 9.87. The van der Waals surface area contributed by atoms with Crippen molar-refractivity contribution in [1.82, 2.24) is 25.5 Å². The zero-order chi connectivity index (χ0) is 23.4. The number of nitrogens with zero attached hydrogens (tertiary/aromatic N) is 4. The summed E-state index contributed by atoms with van der Waals surface area (Å²) in [5, 5.41) is 15.9. The molecule has 1 aromatic heterocycles. The van der Waals surface area contributed by atoms with Crippen LogP contribution in [0.5, 0.6) is 17.2 Å². The topological polar surface area (TPSA) is 100 Å². The predicted octanol–water partition coefficient (Wildman–Crippen LogP) is 3.51. The number of para-hydroxylation sites is 2. The standard InChI is InChI=1S/C24H27N5O4S/c1-2-31-19-8-4-3-7-18(19)29-23(26-27-28-29)34-16-22(30)25-24(11-5-6-12-24)17-9-10-20-21(15-17)33-14-13-32-20/h3-4,7-10,15H,2,5-6,11-14,16H2,1H3,(H,25,30). The second kappa shape index (κ2) is 9.92. The highest BCUT2D eigenvalue weighted by molar-refractivity contribution is 7.99. The minimum atomic E-state index is -0.402. The molecule has 10 heteroatoms. The quantitative estimate of drug-likeness (QED) is 0.488. The van der Waals surface area contributed by atoms with E-state index in [-0.39, 0.29) is 11.7 Å². The third-order valence-electron chi connectivity index (χ3n) is 6.10. The van der Waals surface area contributed by atoms with E-state index < -0.39 is 5.54 Å². The van der Waals surface area contributed by atoms with Crippen LogP contribution in [0.3, 0.4) is 0 Å². The van der Waals surface area contributed by atoms with Crippen molar-refractivity contribution in [3.05, 3.63) is 48.0 Å². The Balaban J connectivity index is 1.30. The maximum Gasteiger partial charge on any atom is 0.231 e. The molecule has 0 radical (unpaired) electrons. The van der Waals surface area contributed by atoms with Gasteiger partial charge in [0.1, 0.15) is 24.7 Å². The zero-order valence-corrected chi connectivity index (χ0v) is 19.8. The lowest BCUT2D eigenvalue weighted by molar-refractivity contribution is -0.120. The van der Waals surface area contributed by atoms with Crippen LogP contribution >= 0.6 is 11.8 Å². The maximum atomic E-state index is 13.1. The number of rotatable bonds is 8. The molecule has 3 aromatic rings. The second-order valence-electron chi connectivity index (χ2n) is 8.26. The van der Waals surface area contributed by atoms with Gasteiger partial charge < -0.3 is 19.5 Å². The number of carbonyl (C=O) groups is 1. The van der Waals surface area contributed by atoms with Gasteiger partial charge in [0.2, 0.25) is 11.1 Å². The molecule has 2 aliphatic rings. The maximum absolute atomic E-state index is 13.1. The monoisotopic (exact) mass is 481 g/mol. The van der Waals surface area contributed by atoms with E-state index in [1.807, 2.05) is 49.4 Å². The Bertz CT molecular complexity index is 1160. The van der Waals surface area contributed by atoms with E-state index >= 15 is 0 Å². The molecule has 2 aromatic carbocycles. The molecule has 0 spiro atoms. The Morgan fingerprint density at radius 2 is 1.94 bits per heavy atom. The first-order chi connectivity index (χ1) is 16.7. The van der Waals surface area contributed by atoms with E-state index in [0.29, 0.717) is 30.7 Å². The summed E-state index contributed by atoms with van der Waals surface area (Å²) >= 11 is 1.30. The largest absolute Gasteiger partial charge is 0.492 e. The van der Waals surface area contributed by atoms with Crippen LogP contribution in [0.4, 0.5) is 0 Å². The minimum Gasteiger partial charge on any atom is -0.492 e. The molecule has 1 N–H and O–H groups in total. The fourth-order valence-corrected chi connectivity index (χ4v) is 5.25. The molecule has 1 saturated carbocycles. The fraction of sp³-hybridized carbons (Fsp3) is 0.417. The SMILES string of the molecule is CCOc1ccccc1-n1nnnc1SCC(=O)NC1(c2ccc3c(c2)OCCO3)CCCC1. The molecule has 0 bridgehead atoms. The Kier molecular flexibility index (Phi) is 6.57. The van der Waals surface area contributed by atoms with E-state index in [9.17, 15) is 4.79 Å². The van der Waals surface area contributed by atoms with Crippen molar-refractivity contribution in [3.8, 4) is 22.9 Å². The molecule has 9 nitrogen and oxygen atoms in total. The average Bonchev–Trinajstić information content (AvgIpc) is 3.53. The molecule has 1 amide bonds. The molecule has 0 atom stereocenters. The lowest BCUT2D eigenvalue weighted by Crippen LogP contribution is -2.44. The molecule has 0 saturated heterocycles. The number of carbonyl (C=O) groups excluding carboxylic acids is 1. The third-order valence-corrected chi connectivity index (χ3v) is 7.02. The number of amides is 1. The van der Waals surface area contributed by atoms with Crippen LogP contribution in [-0.4, -0.2) is 51.7 Å². The molecule has 1 aliphatic carbocycles. The predicted molar refractivity (Wildman–Crippen MR) is 127 cm³/mol. The number of benzene rings is 2. The van der Waals surface area contributed by atoms with Crippen LogP contribution in [0.15, 0.2) is 47.6 Å². The summed E-state index contributed by atoms with van der Waals surface area (Å²) < 4.78 is 18.7. The van der Waals surface area contributed by atoms with Gasteiger partial charge in [-0.2, -0.15) is 4.68 Å². The summed E-state index contributed by atoms with van der Waals surface area (Å²) in [6.07, 6.45) is 3.91. The average molecular weight is 482 g/mol. The van der Waals surface area contributed by atoms with E-state index in [1.165, 1.54) is 11.8 Å². The normalized spacial score (nSPS) is 16.3. The summed E-state index contributed by atoms with van der Waals surface area (Å²) in [7, 11) is 0. The summed E-state index contributed by atoms with van der Waals surface area (Å²) in [5.41, 5.74) is 1.39. The summed E-state index contributed by atoms with van der Waals surface area (Å²) in [6, 6.07) is 13.6. The van der Waals surface area contributed by atoms with Crippen molar-refractivity contribution >= 4 is 17.7 Å². The number of hydrogen-bond acceptors (Lipinski definition) is 8. The van der Waals surface area contributed by atoms with Crippen LogP contribution in [0, 0.1) is 0 Å². The van der Waals surface area contributed by atoms with Gasteiger partial charge in [0.15, 0.2) is 11.5 Å². The van der Waals surface area contributed by atoms with Crippen molar-refractivity contribution in [2.24, 2.45) is 0 Å². The Morgan fingerprint density at radius 3 is 2.76 bits per heavy atom. The van der Waals surface area contributed by atoms with Crippen molar-refractivity contribution in [3.63, 3.8) is 0 Å². The number of hydrogen-bond donors (Lipinski definition) is 1. The van der Waals surface area contributed by atoms with Crippen LogP contribution in [0.25, 0.3) is 5.69 Å². The summed E-state index contributed by atoms with van der Waals surface area (Å²) in [6.45, 7) is 3.55. The summed E-state index contributed by atoms with van der Waals surface area (Å²) in [5.74, 6) is 2.32. The molecular formula is C24H27N5O4S. The highest BCUT2D eigenvalue weighted by atomic mass is 32.2. The molecule has 1 fully saturated rings. The van der Waals surface area contributed by atoms with Gasteiger partial charge in [0.05, 0.1) is 17.9 Å². The van der Waals surface area contributed by atoms with Crippen molar-refractivity contribution in [1.29, 1.82) is 0 Å². The van der Waals surface area contributed by atoms with Crippen molar-refractivity contribution in [2.45, 2.75) is 43.3 Å². The van der Waals surface area contributed by atoms with Gasteiger partial charge in [-0.1, -0.05) is 42.8 Å². The van der Waals surface area contributed by atoms with Crippen molar-refractivity contribution in [2.75, 3.05) is 25.6 Å². The van der Waals surface area contributed by atoms with Gasteiger partial charge in [-0.05, 0) is 60.0 Å². The number of fused-ring (bicyclic) bond motifs is 1. The molecule has 34 heavy (non-hydrogen) atoms. The smallest absolute Gasteiger partial charge is 0.231 e. The molecule has 0 unspecified atom stereocenters. The number of tetrazole rings is 1. The Hall–Kier alpha value is -3.27. The summed E-state index contributed by atoms with van der Waals surface area (Å²) in [4.78, 5) is 13.1. The number of nitrogens with one attached hydrogen (secondary N) is 1. The first-order valence-corrected chi connectivity index (χ1v) is 12.5. The van der Waals surface area contributed by atoms with Crippen LogP contribution in [0.1, 0.15) is 38.2 Å². The molecule has 1 aliphatic heterocycles. The van der Waals surface area contributed by atoms with Gasteiger partial charge in [0, 0.05) is 0 Å². The van der Waals surface area contributed by atoms with Gasteiger partial charge in [-0.15, -0.1) is 5.10 Å². The Morgan fingerprint density at radius 1 is 1.15 bits per heavy atom. The van der Waals surface area contributed by atoms with Crippen LogP contribution in [-0.2, 0) is 10.3 Å². The van der Waals surface area contributed by atoms with Gasteiger partial charge in [0.25, 0.3) is 0 Å². The number of aromatic nitrogens is 4. The number of ether oxygens (including phenoxy) is 3. The lowest BCUT2D eigenvalue weighted by Gasteiger charge is -2.32. The van der Waals surface area contributed by atoms with E-state index in [0.717, 1.165) is 48.4 Å². The number of thioether (sulfide) groups is 1. The molecule has 5 rings (SSSR count). The second-order valence-corrected chi connectivity index (χ2v) is 9.20. The van der Waals surface area contributed by atoms with Crippen LogP contribution in [0.2, 0.25) is 0 Å². The van der Waals surface area contributed by atoms with E-state index in [4.69, 9.17) is 14.2 Å².